The maximum atomic E-state index is 13.8. The van der Waals surface area contributed by atoms with Crippen LogP contribution in [0.4, 0.5) is 10.2 Å². The number of rotatable bonds is 2. The van der Waals surface area contributed by atoms with Crippen molar-refractivity contribution in [3.05, 3.63) is 70.8 Å². The third-order valence-electron chi connectivity index (χ3n) is 3.81. The molecule has 0 unspecified atom stereocenters. The van der Waals surface area contributed by atoms with Crippen LogP contribution in [-0.2, 0) is 0 Å². The monoisotopic (exact) mass is 321 g/mol. The zero-order valence-electron chi connectivity index (χ0n) is 12.4. The Balaban J connectivity index is 2.18. The van der Waals surface area contributed by atoms with Gasteiger partial charge in [0.25, 0.3) is 5.56 Å². The van der Waals surface area contributed by atoms with Crippen molar-refractivity contribution in [1.82, 2.24) is 10.1 Å². The van der Waals surface area contributed by atoms with Gasteiger partial charge in [0.2, 0.25) is 0 Å². The summed E-state index contributed by atoms with van der Waals surface area (Å²) >= 11 is 0. The lowest BCUT2D eigenvalue weighted by Gasteiger charge is -2.11. The Morgan fingerprint density at radius 1 is 1.04 bits per heavy atom. The van der Waals surface area contributed by atoms with Crippen molar-refractivity contribution < 1.29 is 8.91 Å². The molecule has 118 valence electrons. The van der Waals surface area contributed by atoms with Gasteiger partial charge in [-0.3, -0.25) is 4.79 Å². The molecule has 0 radical (unpaired) electrons. The molecule has 0 aliphatic rings. The molecule has 0 spiro atoms. The van der Waals surface area contributed by atoms with Crippen LogP contribution in [0.25, 0.3) is 33.4 Å². The Morgan fingerprint density at radius 3 is 2.54 bits per heavy atom. The minimum absolute atomic E-state index is 0.169. The standard InChI is InChI=1S/C18H12FN3O2/c19-11-6-7-13-12(8-11)16(10-4-2-1-3-5-10)17(18(23)21-13)14-9-15(20)22-24-14/h1-9H,(H2,20,22)(H,21,23). The second-order valence-corrected chi connectivity index (χ2v) is 5.38. The Hall–Kier alpha value is -3.41. The van der Waals surface area contributed by atoms with E-state index in [4.69, 9.17) is 10.3 Å². The SMILES string of the molecule is Nc1cc(-c2c(-c3ccccc3)c3cc(F)ccc3[nH]c2=O)on1. The lowest BCUT2D eigenvalue weighted by molar-refractivity contribution is 0.435. The molecule has 0 saturated heterocycles. The molecule has 0 aliphatic carbocycles. The van der Waals surface area contributed by atoms with E-state index in [1.54, 1.807) is 0 Å². The molecule has 2 aromatic carbocycles. The third kappa shape index (κ3) is 2.25. The highest BCUT2D eigenvalue weighted by Gasteiger charge is 2.19. The van der Waals surface area contributed by atoms with Crippen LogP contribution in [0.5, 0.6) is 0 Å². The zero-order valence-corrected chi connectivity index (χ0v) is 12.4. The van der Waals surface area contributed by atoms with Gasteiger partial charge in [-0.1, -0.05) is 35.5 Å². The number of nitrogens with zero attached hydrogens (tertiary/aromatic N) is 1. The number of pyridine rings is 1. The summed E-state index contributed by atoms with van der Waals surface area (Å²) in [4.78, 5) is 15.4. The molecule has 4 aromatic rings. The molecule has 0 fully saturated rings. The van der Waals surface area contributed by atoms with Gasteiger partial charge >= 0.3 is 0 Å². The van der Waals surface area contributed by atoms with Crippen molar-refractivity contribution in [2.45, 2.75) is 0 Å². The van der Waals surface area contributed by atoms with E-state index in [-0.39, 0.29) is 22.7 Å². The van der Waals surface area contributed by atoms with Crippen LogP contribution in [0.3, 0.4) is 0 Å². The van der Waals surface area contributed by atoms with Crippen LogP contribution in [0.1, 0.15) is 0 Å². The molecule has 24 heavy (non-hydrogen) atoms. The van der Waals surface area contributed by atoms with Crippen LogP contribution >= 0.6 is 0 Å². The number of anilines is 1. The van der Waals surface area contributed by atoms with E-state index in [0.717, 1.165) is 5.56 Å². The van der Waals surface area contributed by atoms with Crippen molar-refractivity contribution in [2.24, 2.45) is 0 Å². The number of nitrogens with two attached hydrogens (primary N) is 1. The highest BCUT2D eigenvalue weighted by molar-refractivity contribution is 6.01. The fourth-order valence-electron chi connectivity index (χ4n) is 2.81. The minimum Gasteiger partial charge on any atom is -0.381 e. The number of nitrogens with one attached hydrogen (secondary N) is 1. The highest BCUT2D eigenvalue weighted by atomic mass is 19.1. The summed E-state index contributed by atoms with van der Waals surface area (Å²) in [5, 5.41) is 4.22. The van der Waals surface area contributed by atoms with Crippen molar-refractivity contribution in [3.8, 4) is 22.5 Å². The number of nitrogen functional groups attached to an aromatic ring is 1. The highest BCUT2D eigenvalue weighted by Crippen LogP contribution is 2.35. The molecule has 0 amide bonds. The summed E-state index contributed by atoms with van der Waals surface area (Å²) in [5.74, 6) is 0.0104. The van der Waals surface area contributed by atoms with Crippen LogP contribution in [0.2, 0.25) is 0 Å². The van der Waals surface area contributed by atoms with Gasteiger partial charge in [-0.25, -0.2) is 4.39 Å². The second kappa shape index (κ2) is 5.34. The Bertz CT molecular complexity index is 1100. The third-order valence-corrected chi connectivity index (χ3v) is 3.81. The van der Waals surface area contributed by atoms with Gasteiger partial charge in [0.15, 0.2) is 11.6 Å². The average Bonchev–Trinajstić information content (AvgIpc) is 3.01. The van der Waals surface area contributed by atoms with E-state index in [9.17, 15) is 9.18 Å². The lowest BCUT2D eigenvalue weighted by atomic mass is 9.95. The second-order valence-electron chi connectivity index (χ2n) is 5.38. The number of fused-ring (bicyclic) bond motifs is 1. The van der Waals surface area contributed by atoms with Gasteiger partial charge in [0, 0.05) is 22.5 Å². The van der Waals surface area contributed by atoms with Crippen LogP contribution in [0, 0.1) is 5.82 Å². The number of aromatic nitrogens is 2. The van der Waals surface area contributed by atoms with Gasteiger partial charge in [-0.15, -0.1) is 0 Å². The first-order valence-electron chi connectivity index (χ1n) is 7.27. The van der Waals surface area contributed by atoms with E-state index < -0.39 is 5.82 Å². The first kappa shape index (κ1) is 14.2. The molecule has 6 heteroatoms. The molecule has 2 aromatic heterocycles. The molecular weight excluding hydrogens is 309 g/mol. The van der Waals surface area contributed by atoms with E-state index in [2.05, 4.69) is 10.1 Å². The Labute approximate surface area is 135 Å². The molecule has 0 aliphatic heterocycles. The van der Waals surface area contributed by atoms with Crippen molar-refractivity contribution in [3.63, 3.8) is 0 Å². The van der Waals surface area contributed by atoms with Gasteiger partial charge in [0.1, 0.15) is 5.82 Å². The largest absolute Gasteiger partial charge is 0.381 e. The lowest BCUT2D eigenvalue weighted by Crippen LogP contribution is -2.11. The molecule has 5 nitrogen and oxygen atoms in total. The van der Waals surface area contributed by atoms with Gasteiger partial charge in [0.05, 0.1) is 5.56 Å². The summed E-state index contributed by atoms with van der Waals surface area (Å²) in [6.07, 6.45) is 0. The summed E-state index contributed by atoms with van der Waals surface area (Å²) in [6.45, 7) is 0. The quantitative estimate of drug-likeness (QED) is 0.591. The number of benzene rings is 2. The summed E-state index contributed by atoms with van der Waals surface area (Å²) < 4.78 is 19.0. The maximum Gasteiger partial charge on any atom is 0.260 e. The topological polar surface area (TPSA) is 84.9 Å². The van der Waals surface area contributed by atoms with Crippen LogP contribution in [-0.4, -0.2) is 10.1 Å². The number of halogens is 1. The van der Waals surface area contributed by atoms with E-state index in [1.807, 2.05) is 30.3 Å². The molecular formula is C18H12FN3O2. The number of hydrogen-bond donors (Lipinski definition) is 2. The maximum absolute atomic E-state index is 13.8. The van der Waals surface area contributed by atoms with Crippen molar-refractivity contribution in [2.75, 3.05) is 5.73 Å². The summed E-state index contributed by atoms with van der Waals surface area (Å²) in [5.41, 5.74) is 7.40. The fraction of sp³-hybridized carbons (Fsp3) is 0. The van der Waals surface area contributed by atoms with E-state index in [0.29, 0.717) is 16.5 Å². The van der Waals surface area contributed by atoms with Crippen LogP contribution < -0.4 is 11.3 Å². The summed E-state index contributed by atoms with van der Waals surface area (Å²) in [6, 6.07) is 15.0. The van der Waals surface area contributed by atoms with E-state index in [1.165, 1.54) is 24.3 Å². The van der Waals surface area contributed by atoms with Gasteiger partial charge in [-0.05, 0) is 23.8 Å². The number of H-pyrrole nitrogens is 1. The predicted molar refractivity (Wildman–Crippen MR) is 89.9 cm³/mol. The zero-order chi connectivity index (χ0) is 16.7. The predicted octanol–water partition coefficient (Wildman–Crippen LogP) is 3.57. The van der Waals surface area contributed by atoms with Crippen LogP contribution in [0.15, 0.2) is 63.9 Å². The molecule has 3 N–H and O–H groups in total. The Kier molecular flexibility index (Phi) is 3.16. The van der Waals surface area contributed by atoms with E-state index >= 15 is 0 Å². The average molecular weight is 321 g/mol. The molecule has 0 bridgehead atoms. The van der Waals surface area contributed by atoms with Gasteiger partial charge in [-0.2, -0.15) is 0 Å². The first-order chi connectivity index (χ1) is 11.6. The first-order valence-corrected chi connectivity index (χ1v) is 7.27. The number of hydrogen-bond acceptors (Lipinski definition) is 4. The number of aromatic amines is 1. The fourth-order valence-corrected chi connectivity index (χ4v) is 2.81. The molecule has 2 heterocycles. The smallest absolute Gasteiger partial charge is 0.260 e. The van der Waals surface area contributed by atoms with Crippen molar-refractivity contribution >= 4 is 16.7 Å². The minimum atomic E-state index is -0.394. The van der Waals surface area contributed by atoms with Crippen molar-refractivity contribution in [1.29, 1.82) is 0 Å². The van der Waals surface area contributed by atoms with Gasteiger partial charge < -0.3 is 15.2 Å². The molecule has 0 saturated carbocycles. The molecule has 4 rings (SSSR count). The summed E-state index contributed by atoms with van der Waals surface area (Å²) in [7, 11) is 0. The Morgan fingerprint density at radius 2 is 1.83 bits per heavy atom. The molecule has 0 atom stereocenters. The normalized spacial score (nSPS) is 11.0.